The molecule has 36 heavy (non-hydrogen) atoms. The number of nitrogens with zero attached hydrogens (tertiary/aromatic N) is 4. The fraction of sp³-hybridized carbons (Fsp3) is 0.100. The van der Waals surface area contributed by atoms with Crippen molar-refractivity contribution in [2.24, 2.45) is 5.10 Å². The van der Waals surface area contributed by atoms with Crippen LogP contribution in [-0.4, -0.2) is 15.7 Å². The monoisotopic (exact) mass is 552 g/mol. The van der Waals surface area contributed by atoms with Crippen LogP contribution in [0.3, 0.4) is 0 Å². The van der Waals surface area contributed by atoms with Crippen molar-refractivity contribution in [3.8, 4) is 11.3 Å². The van der Waals surface area contributed by atoms with E-state index in [0.29, 0.717) is 11.0 Å². The van der Waals surface area contributed by atoms with Gasteiger partial charge in [-0.15, -0.1) is 0 Å². The molecule has 0 spiro atoms. The SMILES string of the molecule is Cc1ccc(C2CC(c3ccc(Br)cc3)=NN2c2nc(-c3ccccc3)c3cc(Cl)ccc3n2)cc1. The summed E-state index contributed by atoms with van der Waals surface area (Å²) in [5.41, 5.74) is 7.19. The third-order valence-electron chi connectivity index (χ3n) is 6.45. The summed E-state index contributed by atoms with van der Waals surface area (Å²) in [6, 6.07) is 32.8. The van der Waals surface area contributed by atoms with Crippen molar-refractivity contribution in [3.05, 3.63) is 123 Å². The molecular weight excluding hydrogens is 532 g/mol. The lowest BCUT2D eigenvalue weighted by Crippen LogP contribution is -2.21. The van der Waals surface area contributed by atoms with Crippen LogP contribution in [0.5, 0.6) is 0 Å². The molecule has 0 N–H and O–H groups in total. The van der Waals surface area contributed by atoms with Crippen molar-refractivity contribution in [2.75, 3.05) is 5.01 Å². The van der Waals surface area contributed by atoms with Gasteiger partial charge < -0.3 is 0 Å². The first kappa shape index (κ1) is 22.9. The Balaban J connectivity index is 1.53. The molecule has 0 saturated heterocycles. The summed E-state index contributed by atoms with van der Waals surface area (Å²) < 4.78 is 1.04. The Kier molecular flexibility index (Phi) is 6.04. The molecule has 1 aliphatic heterocycles. The zero-order chi connectivity index (χ0) is 24.6. The molecule has 1 aromatic heterocycles. The van der Waals surface area contributed by atoms with E-state index >= 15 is 0 Å². The number of rotatable bonds is 4. The van der Waals surface area contributed by atoms with Gasteiger partial charge >= 0.3 is 0 Å². The third-order valence-corrected chi connectivity index (χ3v) is 7.21. The van der Waals surface area contributed by atoms with Crippen LogP contribution in [-0.2, 0) is 0 Å². The molecular formula is C30H22BrClN4. The topological polar surface area (TPSA) is 41.4 Å². The minimum atomic E-state index is -0.0161. The summed E-state index contributed by atoms with van der Waals surface area (Å²) in [6.07, 6.45) is 0.757. The molecule has 1 unspecified atom stereocenters. The maximum Gasteiger partial charge on any atom is 0.247 e. The van der Waals surface area contributed by atoms with E-state index in [9.17, 15) is 0 Å². The normalized spacial score (nSPS) is 15.4. The van der Waals surface area contributed by atoms with Crippen LogP contribution >= 0.6 is 27.5 Å². The minimum absolute atomic E-state index is 0.0161. The maximum atomic E-state index is 6.37. The molecule has 0 aliphatic carbocycles. The standard InChI is InChI=1S/C30H22BrClN4/c1-19-7-9-21(10-8-19)28-18-27(20-11-13-23(31)14-12-20)35-36(28)30-33-26-16-15-24(32)17-25(26)29(34-30)22-5-3-2-4-6-22/h2-17,28H,18H2,1H3. The molecule has 6 heteroatoms. The number of aryl methyl sites for hydroxylation is 1. The molecule has 1 atom stereocenters. The number of hydrogen-bond donors (Lipinski definition) is 0. The van der Waals surface area contributed by atoms with Gasteiger partial charge in [-0.25, -0.2) is 15.0 Å². The molecule has 6 rings (SSSR count). The van der Waals surface area contributed by atoms with Gasteiger partial charge in [-0.1, -0.05) is 99.8 Å². The summed E-state index contributed by atoms with van der Waals surface area (Å²) in [4.78, 5) is 10.0. The van der Waals surface area contributed by atoms with Crippen LogP contribution in [0.1, 0.15) is 29.2 Å². The maximum absolute atomic E-state index is 6.37. The number of benzene rings is 4. The largest absolute Gasteiger partial charge is 0.247 e. The van der Waals surface area contributed by atoms with Gasteiger partial charge in [0.05, 0.1) is 23.0 Å². The van der Waals surface area contributed by atoms with E-state index in [4.69, 9.17) is 26.7 Å². The Bertz CT molecular complexity index is 1580. The Morgan fingerprint density at radius 2 is 1.58 bits per heavy atom. The van der Waals surface area contributed by atoms with Gasteiger partial charge in [-0.05, 0) is 48.4 Å². The van der Waals surface area contributed by atoms with Crippen LogP contribution in [0.25, 0.3) is 22.2 Å². The zero-order valence-electron chi connectivity index (χ0n) is 19.6. The molecule has 0 fully saturated rings. The first-order valence-electron chi connectivity index (χ1n) is 11.8. The average molecular weight is 554 g/mol. The first-order valence-corrected chi connectivity index (χ1v) is 12.9. The Morgan fingerprint density at radius 3 is 2.33 bits per heavy atom. The second-order valence-corrected chi connectivity index (χ2v) is 10.3. The number of halogens is 2. The zero-order valence-corrected chi connectivity index (χ0v) is 21.9. The molecule has 5 aromatic rings. The molecule has 0 bridgehead atoms. The molecule has 4 aromatic carbocycles. The summed E-state index contributed by atoms with van der Waals surface area (Å²) >= 11 is 9.90. The van der Waals surface area contributed by atoms with Crippen LogP contribution in [0, 0.1) is 6.92 Å². The van der Waals surface area contributed by atoms with E-state index in [0.717, 1.165) is 44.3 Å². The Labute approximate surface area is 223 Å². The van der Waals surface area contributed by atoms with E-state index in [1.54, 1.807) is 0 Å². The molecule has 176 valence electrons. The molecule has 0 radical (unpaired) electrons. The van der Waals surface area contributed by atoms with Gasteiger partial charge in [0.25, 0.3) is 0 Å². The van der Waals surface area contributed by atoms with Gasteiger partial charge in [0.15, 0.2) is 0 Å². The lowest BCUT2D eigenvalue weighted by Gasteiger charge is -2.23. The van der Waals surface area contributed by atoms with E-state index in [-0.39, 0.29) is 6.04 Å². The van der Waals surface area contributed by atoms with Crippen molar-refractivity contribution in [1.29, 1.82) is 0 Å². The lowest BCUT2D eigenvalue weighted by atomic mass is 9.98. The Hall–Kier alpha value is -3.54. The van der Waals surface area contributed by atoms with E-state index in [2.05, 4.69) is 71.4 Å². The average Bonchev–Trinajstić information content (AvgIpc) is 3.35. The Morgan fingerprint density at radius 1 is 0.833 bits per heavy atom. The summed E-state index contributed by atoms with van der Waals surface area (Å²) in [5, 5.41) is 8.63. The smallest absolute Gasteiger partial charge is 0.223 e. The van der Waals surface area contributed by atoms with Crippen molar-refractivity contribution >= 4 is 50.1 Å². The number of hydrazone groups is 1. The number of aromatic nitrogens is 2. The molecule has 0 saturated carbocycles. The number of fused-ring (bicyclic) bond motifs is 1. The highest BCUT2D eigenvalue weighted by Crippen LogP contribution is 2.38. The summed E-state index contributed by atoms with van der Waals surface area (Å²) in [7, 11) is 0. The van der Waals surface area contributed by atoms with Crippen LogP contribution < -0.4 is 5.01 Å². The summed E-state index contributed by atoms with van der Waals surface area (Å²) in [6.45, 7) is 2.10. The van der Waals surface area contributed by atoms with Crippen LogP contribution in [0.15, 0.2) is 107 Å². The minimum Gasteiger partial charge on any atom is -0.223 e. The predicted octanol–water partition coefficient (Wildman–Crippen LogP) is 8.38. The number of anilines is 1. The molecule has 0 amide bonds. The van der Waals surface area contributed by atoms with Gasteiger partial charge in [0.2, 0.25) is 5.95 Å². The quantitative estimate of drug-likeness (QED) is 0.224. The van der Waals surface area contributed by atoms with Crippen LogP contribution in [0.4, 0.5) is 5.95 Å². The lowest BCUT2D eigenvalue weighted by molar-refractivity contribution is 0.689. The van der Waals surface area contributed by atoms with Crippen molar-refractivity contribution in [3.63, 3.8) is 0 Å². The van der Waals surface area contributed by atoms with Gasteiger partial charge in [0, 0.05) is 26.9 Å². The van der Waals surface area contributed by atoms with E-state index < -0.39 is 0 Å². The summed E-state index contributed by atoms with van der Waals surface area (Å²) in [5.74, 6) is 0.571. The second-order valence-electron chi connectivity index (χ2n) is 8.93. The molecule has 1 aliphatic rings. The van der Waals surface area contributed by atoms with Gasteiger partial charge in [-0.3, -0.25) is 0 Å². The van der Waals surface area contributed by atoms with Gasteiger partial charge in [-0.2, -0.15) is 5.10 Å². The van der Waals surface area contributed by atoms with Gasteiger partial charge in [0.1, 0.15) is 0 Å². The number of hydrogen-bond acceptors (Lipinski definition) is 4. The van der Waals surface area contributed by atoms with Crippen molar-refractivity contribution < 1.29 is 0 Å². The van der Waals surface area contributed by atoms with E-state index in [1.807, 2.05) is 53.5 Å². The molecule has 4 nitrogen and oxygen atoms in total. The fourth-order valence-corrected chi connectivity index (χ4v) is 5.00. The third kappa shape index (κ3) is 4.41. The molecule has 2 heterocycles. The second kappa shape index (κ2) is 9.49. The highest BCUT2D eigenvalue weighted by Gasteiger charge is 2.32. The highest BCUT2D eigenvalue weighted by atomic mass is 79.9. The van der Waals surface area contributed by atoms with Crippen molar-refractivity contribution in [2.45, 2.75) is 19.4 Å². The van der Waals surface area contributed by atoms with Crippen molar-refractivity contribution in [1.82, 2.24) is 9.97 Å². The first-order chi connectivity index (χ1) is 17.5. The predicted molar refractivity (Wildman–Crippen MR) is 152 cm³/mol. The van der Waals surface area contributed by atoms with Crippen LogP contribution in [0.2, 0.25) is 5.02 Å². The fourth-order valence-electron chi connectivity index (χ4n) is 4.57. The highest BCUT2D eigenvalue weighted by molar-refractivity contribution is 9.10. The van der Waals surface area contributed by atoms with E-state index in [1.165, 1.54) is 11.1 Å².